The van der Waals surface area contributed by atoms with Crippen molar-refractivity contribution in [2.24, 2.45) is 0 Å². The smallest absolute Gasteiger partial charge is 0.264 e. The van der Waals surface area contributed by atoms with Crippen molar-refractivity contribution < 1.29 is 18.3 Å². The van der Waals surface area contributed by atoms with Crippen LogP contribution in [0.2, 0.25) is 5.02 Å². The van der Waals surface area contributed by atoms with E-state index in [1.54, 1.807) is 6.92 Å². The highest BCUT2D eigenvalue weighted by atomic mass is 35.5. The molecule has 88 valence electrons. The maximum atomic E-state index is 12.6. The summed E-state index contributed by atoms with van der Waals surface area (Å²) in [5.74, 6) is -0.249. The van der Waals surface area contributed by atoms with Gasteiger partial charge in [-0.3, -0.25) is 4.79 Å². The van der Waals surface area contributed by atoms with E-state index in [0.717, 1.165) is 12.1 Å². The minimum atomic E-state index is -2.66. The van der Waals surface area contributed by atoms with Gasteiger partial charge in [-0.15, -0.1) is 0 Å². The van der Waals surface area contributed by atoms with E-state index in [0.29, 0.717) is 6.61 Å². The number of alkyl halides is 2. The van der Waals surface area contributed by atoms with Crippen molar-refractivity contribution in [2.45, 2.75) is 20.3 Å². The van der Waals surface area contributed by atoms with Gasteiger partial charge in [0.1, 0.15) is 5.75 Å². The van der Waals surface area contributed by atoms with Crippen molar-refractivity contribution in [1.82, 2.24) is 0 Å². The number of Topliss-reactive ketones (excluding diaryl/α,β-unsaturated/α-hetero) is 1. The molecule has 0 amide bonds. The van der Waals surface area contributed by atoms with Gasteiger partial charge in [-0.05, 0) is 26.0 Å². The molecule has 2 nitrogen and oxygen atoms in total. The fraction of sp³-hybridized carbons (Fsp3) is 0.364. The lowest BCUT2D eigenvalue weighted by molar-refractivity contribution is 0.101. The average Bonchev–Trinajstić information content (AvgIpc) is 2.20. The zero-order valence-electron chi connectivity index (χ0n) is 8.89. The van der Waals surface area contributed by atoms with Crippen LogP contribution in [0.5, 0.6) is 5.75 Å². The van der Waals surface area contributed by atoms with Gasteiger partial charge < -0.3 is 4.74 Å². The Labute approximate surface area is 97.2 Å². The molecule has 16 heavy (non-hydrogen) atoms. The first-order valence-electron chi connectivity index (χ1n) is 4.72. The van der Waals surface area contributed by atoms with Gasteiger partial charge in [-0.25, -0.2) is 8.78 Å². The summed E-state index contributed by atoms with van der Waals surface area (Å²) in [6, 6.07) is 2.25. The van der Waals surface area contributed by atoms with E-state index in [2.05, 4.69) is 0 Å². The molecule has 0 atom stereocenters. The van der Waals surface area contributed by atoms with E-state index in [9.17, 15) is 13.6 Å². The normalized spacial score (nSPS) is 10.6. The van der Waals surface area contributed by atoms with Gasteiger partial charge in [0.25, 0.3) is 6.43 Å². The molecule has 0 aliphatic carbocycles. The van der Waals surface area contributed by atoms with Crippen LogP contribution in [-0.2, 0) is 0 Å². The minimum Gasteiger partial charge on any atom is -0.492 e. The molecular formula is C11H11ClF2O2. The number of hydrogen-bond acceptors (Lipinski definition) is 2. The molecule has 0 spiro atoms. The highest BCUT2D eigenvalue weighted by Gasteiger charge is 2.17. The third-order valence-electron chi connectivity index (χ3n) is 1.99. The van der Waals surface area contributed by atoms with Gasteiger partial charge in [0.15, 0.2) is 5.78 Å². The number of hydrogen-bond donors (Lipinski definition) is 0. The monoisotopic (exact) mass is 248 g/mol. The lowest BCUT2D eigenvalue weighted by Crippen LogP contribution is -2.01. The SMILES string of the molecule is CCOc1cc(C(F)F)cc(C(C)=O)c1Cl. The van der Waals surface area contributed by atoms with E-state index in [1.807, 2.05) is 0 Å². The lowest BCUT2D eigenvalue weighted by Gasteiger charge is -2.11. The molecular weight excluding hydrogens is 238 g/mol. The second-order valence-electron chi connectivity index (χ2n) is 3.17. The van der Waals surface area contributed by atoms with Crippen LogP contribution in [0, 0.1) is 0 Å². The molecule has 0 radical (unpaired) electrons. The predicted octanol–water partition coefficient (Wildman–Crippen LogP) is 3.88. The Morgan fingerprint density at radius 3 is 2.56 bits per heavy atom. The van der Waals surface area contributed by atoms with Crippen LogP contribution in [0.4, 0.5) is 8.78 Å². The predicted molar refractivity (Wildman–Crippen MR) is 57.6 cm³/mol. The Balaban J connectivity index is 3.32. The number of rotatable bonds is 4. The summed E-state index contributed by atoms with van der Waals surface area (Å²) in [7, 11) is 0. The molecule has 0 aromatic heterocycles. The van der Waals surface area contributed by atoms with Crippen LogP contribution in [0.3, 0.4) is 0 Å². The Morgan fingerprint density at radius 2 is 2.12 bits per heavy atom. The second-order valence-corrected chi connectivity index (χ2v) is 3.55. The van der Waals surface area contributed by atoms with Gasteiger partial charge >= 0.3 is 0 Å². The van der Waals surface area contributed by atoms with Gasteiger partial charge in [-0.2, -0.15) is 0 Å². The maximum absolute atomic E-state index is 12.6. The molecule has 0 aliphatic rings. The largest absolute Gasteiger partial charge is 0.492 e. The first kappa shape index (κ1) is 12.9. The Hall–Kier alpha value is -1.16. The second kappa shape index (κ2) is 5.25. The molecule has 0 N–H and O–H groups in total. The molecule has 1 aromatic carbocycles. The fourth-order valence-electron chi connectivity index (χ4n) is 1.26. The van der Waals surface area contributed by atoms with Gasteiger partial charge in [0.05, 0.1) is 11.6 Å². The quantitative estimate of drug-likeness (QED) is 0.756. The van der Waals surface area contributed by atoms with E-state index in [1.165, 1.54) is 6.92 Å². The van der Waals surface area contributed by atoms with Crippen LogP contribution in [0.25, 0.3) is 0 Å². The van der Waals surface area contributed by atoms with Crippen LogP contribution in [0.1, 0.15) is 36.2 Å². The van der Waals surface area contributed by atoms with Crippen molar-refractivity contribution in [3.63, 3.8) is 0 Å². The molecule has 1 aromatic rings. The zero-order chi connectivity index (χ0) is 12.3. The van der Waals surface area contributed by atoms with Crippen LogP contribution in [0.15, 0.2) is 12.1 Å². The summed E-state index contributed by atoms with van der Waals surface area (Å²) in [6.45, 7) is 3.27. The average molecular weight is 249 g/mol. The van der Waals surface area contributed by atoms with Crippen LogP contribution in [-0.4, -0.2) is 12.4 Å². The van der Waals surface area contributed by atoms with Crippen molar-refractivity contribution in [1.29, 1.82) is 0 Å². The standard InChI is InChI=1S/C11H11ClF2O2/c1-3-16-9-5-7(11(13)14)4-8(6(2)15)10(9)12/h4-5,11H,3H2,1-2H3. The molecule has 0 saturated heterocycles. The maximum Gasteiger partial charge on any atom is 0.264 e. The topological polar surface area (TPSA) is 26.3 Å². The van der Waals surface area contributed by atoms with E-state index >= 15 is 0 Å². The third kappa shape index (κ3) is 2.70. The third-order valence-corrected chi connectivity index (χ3v) is 2.38. The molecule has 1 rings (SSSR count). The fourth-order valence-corrected chi connectivity index (χ4v) is 1.56. The van der Waals surface area contributed by atoms with Crippen molar-refractivity contribution in [3.8, 4) is 5.75 Å². The number of carbonyl (C=O) groups excluding carboxylic acids is 1. The summed E-state index contributed by atoms with van der Waals surface area (Å²) in [6.07, 6.45) is -2.66. The summed E-state index contributed by atoms with van der Waals surface area (Å²) >= 11 is 5.87. The molecule has 5 heteroatoms. The van der Waals surface area contributed by atoms with Crippen LogP contribution < -0.4 is 4.74 Å². The van der Waals surface area contributed by atoms with Gasteiger partial charge in [-0.1, -0.05) is 11.6 Å². The Kier molecular flexibility index (Phi) is 4.24. The van der Waals surface area contributed by atoms with Gasteiger partial charge in [0.2, 0.25) is 0 Å². The number of benzene rings is 1. The number of ether oxygens (including phenoxy) is 1. The van der Waals surface area contributed by atoms with Gasteiger partial charge in [0, 0.05) is 11.1 Å². The summed E-state index contributed by atoms with van der Waals surface area (Å²) in [5, 5.41) is 0.0822. The first-order valence-corrected chi connectivity index (χ1v) is 5.10. The Bertz CT molecular complexity index is 405. The number of ketones is 1. The van der Waals surface area contributed by atoms with Crippen molar-refractivity contribution >= 4 is 17.4 Å². The Morgan fingerprint density at radius 1 is 1.50 bits per heavy atom. The molecule has 0 bridgehead atoms. The van der Waals surface area contributed by atoms with E-state index < -0.39 is 6.43 Å². The minimum absolute atomic E-state index is 0.0583. The summed E-state index contributed by atoms with van der Waals surface area (Å²) in [5.41, 5.74) is -0.207. The summed E-state index contributed by atoms with van der Waals surface area (Å²) in [4.78, 5) is 11.2. The molecule has 0 fully saturated rings. The molecule has 0 aliphatic heterocycles. The van der Waals surface area contributed by atoms with Crippen molar-refractivity contribution in [3.05, 3.63) is 28.3 Å². The first-order chi connectivity index (χ1) is 7.47. The highest BCUT2D eigenvalue weighted by molar-refractivity contribution is 6.35. The van der Waals surface area contributed by atoms with E-state index in [4.69, 9.17) is 16.3 Å². The molecule has 0 unspecified atom stereocenters. The number of halogens is 3. The van der Waals surface area contributed by atoms with Crippen molar-refractivity contribution in [2.75, 3.05) is 6.61 Å². The molecule has 0 saturated carbocycles. The summed E-state index contributed by atoms with van der Waals surface area (Å²) < 4.78 is 30.2. The lowest BCUT2D eigenvalue weighted by atomic mass is 10.1. The molecule has 0 heterocycles. The number of carbonyl (C=O) groups is 1. The zero-order valence-corrected chi connectivity index (χ0v) is 9.65. The van der Waals surface area contributed by atoms with E-state index in [-0.39, 0.29) is 27.7 Å². The van der Waals surface area contributed by atoms with Crippen LogP contribution >= 0.6 is 11.6 Å². The highest BCUT2D eigenvalue weighted by Crippen LogP contribution is 2.33.